The number of nitrogens with one attached hydrogen (secondary N) is 3. The second kappa shape index (κ2) is 12.4. The fraction of sp³-hybridized carbons (Fsp3) is 0.391. The van der Waals surface area contributed by atoms with Crippen molar-refractivity contribution < 1.29 is 4.79 Å². The SMILES string of the molecule is CCNC(=O)c1ccc(CNC(=NC)NCCCN(CC)c2ccccc2)cc1. The van der Waals surface area contributed by atoms with Crippen LogP contribution in [-0.2, 0) is 6.54 Å². The molecule has 0 unspecified atom stereocenters. The van der Waals surface area contributed by atoms with Crippen LogP contribution in [0.1, 0.15) is 36.2 Å². The monoisotopic (exact) mass is 395 g/mol. The summed E-state index contributed by atoms with van der Waals surface area (Å²) in [5.41, 5.74) is 3.04. The van der Waals surface area contributed by atoms with Crippen molar-refractivity contribution in [3.05, 3.63) is 65.7 Å². The van der Waals surface area contributed by atoms with Crippen molar-refractivity contribution in [3.8, 4) is 0 Å². The van der Waals surface area contributed by atoms with E-state index in [1.165, 1.54) is 5.69 Å². The summed E-state index contributed by atoms with van der Waals surface area (Å²) in [7, 11) is 1.77. The number of amides is 1. The van der Waals surface area contributed by atoms with Crippen molar-refractivity contribution in [2.45, 2.75) is 26.8 Å². The highest BCUT2D eigenvalue weighted by Crippen LogP contribution is 2.12. The molecule has 6 nitrogen and oxygen atoms in total. The van der Waals surface area contributed by atoms with E-state index < -0.39 is 0 Å². The maximum absolute atomic E-state index is 11.8. The van der Waals surface area contributed by atoms with Gasteiger partial charge in [0.05, 0.1) is 0 Å². The number of nitrogens with zero attached hydrogens (tertiary/aromatic N) is 2. The third kappa shape index (κ3) is 7.49. The van der Waals surface area contributed by atoms with Crippen molar-refractivity contribution in [1.82, 2.24) is 16.0 Å². The molecule has 0 heterocycles. The molecule has 0 aliphatic heterocycles. The first-order valence-corrected chi connectivity index (χ1v) is 10.3. The first kappa shape index (κ1) is 22.3. The van der Waals surface area contributed by atoms with Gasteiger partial charge < -0.3 is 20.9 Å². The predicted molar refractivity (Wildman–Crippen MR) is 122 cm³/mol. The maximum atomic E-state index is 11.8. The minimum Gasteiger partial charge on any atom is -0.372 e. The molecule has 2 aromatic carbocycles. The summed E-state index contributed by atoms with van der Waals surface area (Å²) in [6, 6.07) is 18.1. The lowest BCUT2D eigenvalue weighted by Crippen LogP contribution is -2.38. The van der Waals surface area contributed by atoms with Crippen LogP contribution in [0.3, 0.4) is 0 Å². The number of carbonyl (C=O) groups excluding carboxylic acids is 1. The molecule has 0 saturated heterocycles. The molecule has 6 heteroatoms. The minimum atomic E-state index is -0.0406. The molecular weight excluding hydrogens is 362 g/mol. The van der Waals surface area contributed by atoms with Crippen LogP contribution in [0.2, 0.25) is 0 Å². The van der Waals surface area contributed by atoms with Crippen LogP contribution in [0.5, 0.6) is 0 Å². The summed E-state index contributed by atoms with van der Waals surface area (Å²) in [6.45, 7) is 8.20. The molecule has 1 amide bonds. The normalized spacial score (nSPS) is 11.1. The Bertz CT molecular complexity index is 759. The van der Waals surface area contributed by atoms with Crippen molar-refractivity contribution in [3.63, 3.8) is 0 Å². The van der Waals surface area contributed by atoms with Gasteiger partial charge in [0.2, 0.25) is 0 Å². The molecule has 0 aliphatic rings. The van der Waals surface area contributed by atoms with E-state index in [0.717, 1.165) is 37.6 Å². The lowest BCUT2D eigenvalue weighted by atomic mass is 10.1. The number of benzene rings is 2. The lowest BCUT2D eigenvalue weighted by Gasteiger charge is -2.23. The minimum absolute atomic E-state index is 0.0406. The van der Waals surface area contributed by atoms with Gasteiger partial charge in [-0.1, -0.05) is 30.3 Å². The average molecular weight is 396 g/mol. The van der Waals surface area contributed by atoms with Gasteiger partial charge in [0.1, 0.15) is 0 Å². The van der Waals surface area contributed by atoms with E-state index in [2.05, 4.69) is 57.0 Å². The zero-order valence-corrected chi connectivity index (χ0v) is 17.7. The molecule has 2 aromatic rings. The molecule has 0 spiro atoms. The third-order valence-electron chi connectivity index (χ3n) is 4.64. The number of guanidine groups is 1. The summed E-state index contributed by atoms with van der Waals surface area (Å²) in [5.74, 6) is 0.738. The van der Waals surface area contributed by atoms with Crippen LogP contribution in [0.15, 0.2) is 59.6 Å². The Labute approximate surface area is 174 Å². The number of anilines is 1. The van der Waals surface area contributed by atoms with Gasteiger partial charge in [0.15, 0.2) is 5.96 Å². The van der Waals surface area contributed by atoms with Crippen molar-refractivity contribution in [2.24, 2.45) is 4.99 Å². The molecule has 0 radical (unpaired) electrons. The van der Waals surface area contributed by atoms with Gasteiger partial charge in [-0.15, -0.1) is 0 Å². The van der Waals surface area contributed by atoms with E-state index in [1.54, 1.807) is 7.05 Å². The van der Waals surface area contributed by atoms with Gasteiger partial charge in [0.25, 0.3) is 5.91 Å². The fourth-order valence-corrected chi connectivity index (χ4v) is 3.03. The second-order valence-corrected chi connectivity index (χ2v) is 6.68. The van der Waals surface area contributed by atoms with Crippen LogP contribution in [0.25, 0.3) is 0 Å². The Morgan fingerprint density at radius 2 is 1.69 bits per heavy atom. The average Bonchev–Trinajstić information content (AvgIpc) is 2.77. The maximum Gasteiger partial charge on any atom is 0.251 e. The highest BCUT2D eigenvalue weighted by molar-refractivity contribution is 5.94. The van der Waals surface area contributed by atoms with Crippen molar-refractivity contribution in [1.29, 1.82) is 0 Å². The molecule has 0 saturated carbocycles. The Morgan fingerprint density at radius 3 is 2.31 bits per heavy atom. The lowest BCUT2D eigenvalue weighted by molar-refractivity contribution is 0.0956. The Morgan fingerprint density at radius 1 is 0.966 bits per heavy atom. The molecule has 0 fully saturated rings. The summed E-state index contributed by atoms with van der Waals surface area (Å²) in [6.07, 6.45) is 1.02. The van der Waals surface area contributed by atoms with Crippen LogP contribution in [-0.4, -0.2) is 45.1 Å². The first-order chi connectivity index (χ1) is 14.2. The van der Waals surface area contributed by atoms with E-state index in [-0.39, 0.29) is 5.91 Å². The first-order valence-electron chi connectivity index (χ1n) is 10.3. The predicted octanol–water partition coefficient (Wildman–Crippen LogP) is 3.02. The molecule has 0 aromatic heterocycles. The van der Waals surface area contributed by atoms with Crippen molar-refractivity contribution in [2.75, 3.05) is 38.1 Å². The van der Waals surface area contributed by atoms with Gasteiger partial charge in [-0.25, -0.2) is 0 Å². The number of carbonyl (C=O) groups is 1. The molecular formula is C23H33N5O. The standard InChI is InChI=1S/C23H33N5O/c1-4-25-22(29)20-14-12-19(13-15-20)18-27-23(24-3)26-16-9-17-28(5-2)21-10-7-6-8-11-21/h6-8,10-15H,4-5,9,16-18H2,1-3H3,(H,25,29)(H2,24,26,27). The molecule has 0 bridgehead atoms. The number of para-hydroxylation sites is 1. The van der Waals surface area contributed by atoms with Crippen LogP contribution in [0, 0.1) is 0 Å². The summed E-state index contributed by atoms with van der Waals surface area (Å²) in [4.78, 5) is 18.5. The molecule has 3 N–H and O–H groups in total. The zero-order valence-electron chi connectivity index (χ0n) is 17.7. The van der Waals surface area contributed by atoms with Gasteiger partial charge in [-0.2, -0.15) is 0 Å². The van der Waals surface area contributed by atoms with E-state index in [1.807, 2.05) is 37.3 Å². The van der Waals surface area contributed by atoms with Gasteiger partial charge in [0, 0.05) is 51.0 Å². The topological polar surface area (TPSA) is 68.8 Å². The largest absolute Gasteiger partial charge is 0.372 e. The van der Waals surface area contributed by atoms with Gasteiger partial charge in [-0.3, -0.25) is 9.79 Å². The molecule has 0 aliphatic carbocycles. The Balaban J connectivity index is 1.73. The van der Waals surface area contributed by atoms with E-state index in [0.29, 0.717) is 18.7 Å². The molecule has 29 heavy (non-hydrogen) atoms. The van der Waals surface area contributed by atoms with Crippen molar-refractivity contribution >= 4 is 17.6 Å². The zero-order chi connectivity index (χ0) is 20.9. The van der Waals surface area contributed by atoms with Crippen LogP contribution in [0.4, 0.5) is 5.69 Å². The molecule has 2 rings (SSSR count). The summed E-state index contributed by atoms with van der Waals surface area (Å²) < 4.78 is 0. The van der Waals surface area contributed by atoms with E-state index >= 15 is 0 Å². The summed E-state index contributed by atoms with van der Waals surface area (Å²) >= 11 is 0. The number of hydrogen-bond acceptors (Lipinski definition) is 3. The highest BCUT2D eigenvalue weighted by Gasteiger charge is 2.05. The number of aliphatic imine (C=N–C) groups is 1. The van der Waals surface area contributed by atoms with Crippen LogP contribution < -0.4 is 20.9 Å². The fourth-order valence-electron chi connectivity index (χ4n) is 3.03. The highest BCUT2D eigenvalue weighted by atomic mass is 16.1. The van der Waals surface area contributed by atoms with Crippen LogP contribution >= 0.6 is 0 Å². The Kier molecular flexibility index (Phi) is 9.55. The van der Waals surface area contributed by atoms with E-state index in [9.17, 15) is 4.79 Å². The number of rotatable bonds is 10. The van der Waals surface area contributed by atoms with Gasteiger partial charge in [-0.05, 0) is 50.1 Å². The number of hydrogen-bond donors (Lipinski definition) is 3. The second-order valence-electron chi connectivity index (χ2n) is 6.68. The van der Waals surface area contributed by atoms with E-state index in [4.69, 9.17) is 0 Å². The molecule has 156 valence electrons. The Hall–Kier alpha value is -3.02. The summed E-state index contributed by atoms with van der Waals surface area (Å²) in [5, 5.41) is 9.49. The molecule has 0 atom stereocenters. The van der Waals surface area contributed by atoms with Gasteiger partial charge >= 0.3 is 0 Å². The quantitative estimate of drug-likeness (QED) is 0.329. The third-order valence-corrected chi connectivity index (χ3v) is 4.64. The smallest absolute Gasteiger partial charge is 0.251 e.